The van der Waals surface area contributed by atoms with E-state index >= 15 is 0 Å². The summed E-state index contributed by atoms with van der Waals surface area (Å²) < 4.78 is 1.10. The molecule has 0 nitrogen and oxygen atoms in total. The molecule has 0 spiro atoms. The quantitative estimate of drug-likeness (QED) is 0.499. The number of benzene rings is 2. The summed E-state index contributed by atoms with van der Waals surface area (Å²) in [7, 11) is 0. The Hall–Kier alpha value is -0.510. The lowest BCUT2D eigenvalue weighted by atomic mass is 10.00. The van der Waals surface area contributed by atoms with Gasteiger partial charge in [-0.1, -0.05) is 68.4 Å². The first-order valence-corrected chi connectivity index (χ1v) is 8.09. The Balaban J connectivity index is 2.23. The molecule has 0 fully saturated rings. The Morgan fingerprint density at radius 1 is 1.06 bits per heavy atom. The van der Waals surface area contributed by atoms with E-state index in [1.807, 2.05) is 11.8 Å². The normalized spacial score (nSPS) is 17.9. The summed E-state index contributed by atoms with van der Waals surface area (Å²) in [6.45, 7) is 4.25. The minimum Gasteiger partial charge on any atom is -0.0937 e. The van der Waals surface area contributed by atoms with Crippen molar-refractivity contribution >= 4 is 49.2 Å². The average molecular weight is 382 g/mol. The van der Waals surface area contributed by atoms with Crippen molar-refractivity contribution in [2.75, 3.05) is 0 Å². The van der Waals surface area contributed by atoms with Crippen molar-refractivity contribution in [3.8, 4) is 0 Å². The number of hydrogen-bond donors (Lipinski definition) is 0. The van der Waals surface area contributed by atoms with Gasteiger partial charge in [0.1, 0.15) is 0 Å². The van der Waals surface area contributed by atoms with Crippen LogP contribution in [0.1, 0.15) is 16.0 Å². The van der Waals surface area contributed by atoms with E-state index in [4.69, 9.17) is 0 Å². The zero-order chi connectivity index (χ0) is 12.7. The molecular formula is C15H10Br2S. The van der Waals surface area contributed by atoms with Crippen LogP contribution in [0.25, 0.3) is 5.57 Å². The second-order valence-electron chi connectivity index (χ2n) is 4.17. The minimum absolute atomic E-state index is 0.168. The Bertz CT molecular complexity index is 634. The average Bonchev–Trinajstić information content (AvgIpc) is 2.48. The van der Waals surface area contributed by atoms with Crippen LogP contribution in [0.15, 0.2) is 63.3 Å². The lowest BCUT2D eigenvalue weighted by Crippen LogP contribution is -1.93. The Labute approximate surface area is 128 Å². The van der Waals surface area contributed by atoms with Crippen LogP contribution in [0, 0.1) is 0 Å². The summed E-state index contributed by atoms with van der Waals surface area (Å²) in [5, 5.41) is 0. The van der Waals surface area contributed by atoms with Crippen molar-refractivity contribution < 1.29 is 0 Å². The van der Waals surface area contributed by atoms with Crippen LogP contribution >= 0.6 is 43.6 Å². The van der Waals surface area contributed by atoms with Crippen molar-refractivity contribution in [3.05, 3.63) is 64.6 Å². The van der Waals surface area contributed by atoms with Crippen molar-refractivity contribution in [1.29, 1.82) is 0 Å². The highest BCUT2D eigenvalue weighted by atomic mass is 79.9. The summed E-state index contributed by atoms with van der Waals surface area (Å²) in [5.74, 6) is 0. The van der Waals surface area contributed by atoms with E-state index in [9.17, 15) is 0 Å². The summed E-state index contributed by atoms with van der Waals surface area (Å²) in [6.07, 6.45) is 0. The number of hydrogen-bond acceptors (Lipinski definition) is 1. The highest BCUT2D eigenvalue weighted by Crippen LogP contribution is 2.49. The van der Waals surface area contributed by atoms with Crippen molar-refractivity contribution in [2.45, 2.75) is 14.6 Å². The highest BCUT2D eigenvalue weighted by molar-refractivity contribution is 9.10. The Morgan fingerprint density at radius 3 is 2.67 bits per heavy atom. The zero-order valence-electron chi connectivity index (χ0n) is 9.49. The molecule has 0 saturated carbocycles. The van der Waals surface area contributed by atoms with Crippen LogP contribution in [0.2, 0.25) is 0 Å². The van der Waals surface area contributed by atoms with Gasteiger partial charge in [0.05, 0.1) is 4.83 Å². The van der Waals surface area contributed by atoms with Crippen molar-refractivity contribution in [1.82, 2.24) is 0 Å². The van der Waals surface area contributed by atoms with Crippen LogP contribution in [0.4, 0.5) is 0 Å². The standard InChI is InChI=1S/C15H10Br2S/c1-9-11-4-2-3-5-13(11)18-14-7-6-10(16)8-12(14)15(9)17/h2-8,15H,1H2. The number of rotatable bonds is 0. The lowest BCUT2D eigenvalue weighted by molar-refractivity contribution is 1.18. The fourth-order valence-electron chi connectivity index (χ4n) is 2.07. The monoisotopic (exact) mass is 380 g/mol. The first-order chi connectivity index (χ1) is 8.66. The van der Waals surface area contributed by atoms with Gasteiger partial charge in [-0.25, -0.2) is 0 Å². The van der Waals surface area contributed by atoms with E-state index in [0.717, 1.165) is 10.0 Å². The topological polar surface area (TPSA) is 0 Å². The molecule has 1 unspecified atom stereocenters. The highest BCUT2D eigenvalue weighted by Gasteiger charge is 2.23. The SMILES string of the molecule is C=C1c2ccccc2Sc2ccc(Br)cc2C1Br. The van der Waals surface area contributed by atoms with Gasteiger partial charge in [-0.2, -0.15) is 0 Å². The van der Waals surface area contributed by atoms with Gasteiger partial charge in [0, 0.05) is 14.3 Å². The molecule has 2 aromatic carbocycles. The summed E-state index contributed by atoms with van der Waals surface area (Å²) in [4.78, 5) is 2.72. The van der Waals surface area contributed by atoms with Gasteiger partial charge in [-0.3, -0.25) is 0 Å². The van der Waals surface area contributed by atoms with Gasteiger partial charge < -0.3 is 0 Å². The van der Waals surface area contributed by atoms with Crippen LogP contribution in [0.3, 0.4) is 0 Å². The molecular weight excluding hydrogens is 372 g/mol. The number of fused-ring (bicyclic) bond motifs is 2. The maximum absolute atomic E-state index is 4.25. The molecule has 1 heterocycles. The van der Waals surface area contributed by atoms with Crippen LogP contribution in [-0.2, 0) is 0 Å². The first kappa shape index (κ1) is 12.5. The second kappa shape index (κ2) is 4.87. The number of halogens is 2. The Morgan fingerprint density at radius 2 is 1.83 bits per heavy atom. The third-order valence-electron chi connectivity index (χ3n) is 3.00. The summed E-state index contributed by atoms with van der Waals surface area (Å²) in [6, 6.07) is 14.8. The van der Waals surface area contributed by atoms with Gasteiger partial charge in [-0.15, -0.1) is 0 Å². The predicted octanol–water partition coefficient (Wildman–Crippen LogP) is 6.06. The zero-order valence-corrected chi connectivity index (χ0v) is 13.5. The van der Waals surface area contributed by atoms with Gasteiger partial charge in [-0.05, 0) is 41.0 Å². The smallest absolute Gasteiger partial charge is 0.0656 e. The molecule has 0 amide bonds. The third kappa shape index (κ3) is 2.09. The van der Waals surface area contributed by atoms with E-state index in [1.54, 1.807) is 0 Å². The summed E-state index contributed by atoms with van der Waals surface area (Å²) >= 11 is 9.12. The van der Waals surface area contributed by atoms with Crippen LogP contribution in [0.5, 0.6) is 0 Å². The molecule has 3 rings (SSSR count). The largest absolute Gasteiger partial charge is 0.0937 e. The van der Waals surface area contributed by atoms with Gasteiger partial charge >= 0.3 is 0 Å². The molecule has 1 aliphatic heterocycles. The fourth-order valence-corrected chi connectivity index (χ4v) is 4.35. The predicted molar refractivity (Wildman–Crippen MR) is 85.4 cm³/mol. The Kier molecular flexibility index (Phi) is 3.39. The molecule has 0 aliphatic carbocycles. The molecule has 18 heavy (non-hydrogen) atoms. The van der Waals surface area contributed by atoms with Crippen LogP contribution in [-0.4, -0.2) is 0 Å². The third-order valence-corrected chi connectivity index (χ3v) is 5.71. The van der Waals surface area contributed by atoms with Gasteiger partial charge in [0.25, 0.3) is 0 Å². The first-order valence-electron chi connectivity index (χ1n) is 5.56. The molecule has 2 aromatic rings. The molecule has 0 aromatic heterocycles. The molecule has 3 heteroatoms. The minimum atomic E-state index is 0.168. The van der Waals surface area contributed by atoms with E-state index in [0.29, 0.717) is 0 Å². The number of alkyl halides is 1. The molecule has 1 atom stereocenters. The molecule has 0 N–H and O–H groups in total. The molecule has 0 saturated heterocycles. The van der Waals surface area contributed by atoms with E-state index in [-0.39, 0.29) is 4.83 Å². The van der Waals surface area contributed by atoms with Crippen LogP contribution < -0.4 is 0 Å². The molecule has 0 bridgehead atoms. The van der Waals surface area contributed by atoms with Crippen molar-refractivity contribution in [2.24, 2.45) is 0 Å². The van der Waals surface area contributed by atoms with Crippen molar-refractivity contribution in [3.63, 3.8) is 0 Å². The molecule has 90 valence electrons. The fraction of sp³-hybridized carbons (Fsp3) is 0.0667. The van der Waals surface area contributed by atoms with Gasteiger partial charge in [0.15, 0.2) is 0 Å². The molecule has 1 aliphatic rings. The van der Waals surface area contributed by atoms with Gasteiger partial charge in [0.2, 0.25) is 0 Å². The number of allylic oxidation sites excluding steroid dienone is 1. The maximum atomic E-state index is 4.25. The lowest BCUT2D eigenvalue weighted by Gasteiger charge is -2.13. The van der Waals surface area contributed by atoms with E-state index < -0.39 is 0 Å². The summed E-state index contributed by atoms with van der Waals surface area (Å²) in [5.41, 5.74) is 3.63. The van der Waals surface area contributed by atoms with E-state index in [1.165, 1.54) is 20.9 Å². The second-order valence-corrected chi connectivity index (χ2v) is 7.08. The maximum Gasteiger partial charge on any atom is 0.0656 e. The van der Waals surface area contributed by atoms with E-state index in [2.05, 4.69) is 80.9 Å². The molecule has 0 radical (unpaired) electrons.